The van der Waals surface area contributed by atoms with E-state index in [4.69, 9.17) is 4.74 Å². The molecular weight excluding hydrogens is 357 g/mol. The molecule has 0 saturated heterocycles. The molecule has 0 aliphatic rings. The fourth-order valence-electron chi connectivity index (χ4n) is 2.90. The highest BCUT2D eigenvalue weighted by molar-refractivity contribution is 6.02. The number of rotatable bonds is 4. The van der Waals surface area contributed by atoms with Crippen molar-refractivity contribution in [3.05, 3.63) is 59.8 Å². The van der Waals surface area contributed by atoms with Crippen molar-refractivity contribution in [2.45, 2.75) is 25.4 Å². The number of halogens is 3. The summed E-state index contributed by atoms with van der Waals surface area (Å²) < 4.78 is 43.2. The quantitative estimate of drug-likeness (QED) is 0.665. The van der Waals surface area contributed by atoms with Crippen molar-refractivity contribution in [3.8, 4) is 5.75 Å². The summed E-state index contributed by atoms with van der Waals surface area (Å²) in [5.74, 6) is 0.341. The molecule has 0 saturated carbocycles. The third kappa shape index (κ3) is 3.63. The van der Waals surface area contributed by atoms with E-state index in [1.807, 2.05) is 18.2 Å². The number of H-pyrrole nitrogens is 1. The first-order valence-corrected chi connectivity index (χ1v) is 8.27. The molecule has 142 valence electrons. The van der Waals surface area contributed by atoms with Crippen molar-refractivity contribution in [1.82, 2.24) is 4.98 Å². The van der Waals surface area contributed by atoms with Gasteiger partial charge >= 0.3 is 6.18 Å². The van der Waals surface area contributed by atoms with Gasteiger partial charge in [0, 0.05) is 22.8 Å². The highest BCUT2D eigenvalue weighted by Crippen LogP contribution is 2.34. The van der Waals surface area contributed by atoms with Gasteiger partial charge in [-0.1, -0.05) is 0 Å². The zero-order chi connectivity index (χ0) is 19.8. The molecule has 27 heavy (non-hydrogen) atoms. The minimum atomic E-state index is -4.41. The second-order valence-electron chi connectivity index (χ2n) is 6.77. The van der Waals surface area contributed by atoms with Crippen LogP contribution in [-0.4, -0.2) is 18.0 Å². The first kappa shape index (κ1) is 18.8. The Kier molecular flexibility index (Phi) is 4.63. The van der Waals surface area contributed by atoms with Gasteiger partial charge in [0.05, 0.1) is 18.1 Å². The van der Waals surface area contributed by atoms with Gasteiger partial charge in [0.25, 0.3) is 0 Å². The van der Waals surface area contributed by atoms with Gasteiger partial charge in [0.1, 0.15) is 5.75 Å². The Morgan fingerprint density at radius 2 is 1.74 bits per heavy atom. The first-order chi connectivity index (χ1) is 12.6. The van der Waals surface area contributed by atoms with Gasteiger partial charge in [-0.05, 0) is 61.9 Å². The molecule has 0 spiro atoms. The fraction of sp³-hybridized carbons (Fsp3) is 0.250. The van der Waals surface area contributed by atoms with E-state index in [9.17, 15) is 18.0 Å². The van der Waals surface area contributed by atoms with Crippen LogP contribution in [0.25, 0.3) is 10.9 Å². The maximum atomic E-state index is 12.8. The number of carbonyl (C=O) groups excluding carboxylic acids is 1. The molecule has 0 unspecified atom stereocenters. The van der Waals surface area contributed by atoms with E-state index in [0.717, 1.165) is 28.6 Å². The topological polar surface area (TPSA) is 54.1 Å². The van der Waals surface area contributed by atoms with Gasteiger partial charge in [-0.15, -0.1) is 0 Å². The number of benzene rings is 2. The standard InChI is InChI=1S/C20H19F3N2O2/c1-19(2,16-11-24-17-9-8-14(27-3)10-15(16)17)18(26)25-13-6-4-12(5-7-13)20(21,22)23/h4-11,24H,1-3H3,(H,25,26). The summed E-state index contributed by atoms with van der Waals surface area (Å²) in [6.45, 7) is 3.52. The van der Waals surface area contributed by atoms with Crippen molar-refractivity contribution >= 4 is 22.5 Å². The summed E-state index contributed by atoms with van der Waals surface area (Å²) in [5, 5.41) is 3.54. The summed E-state index contributed by atoms with van der Waals surface area (Å²) in [6.07, 6.45) is -2.65. The van der Waals surface area contributed by atoms with Crippen LogP contribution >= 0.6 is 0 Å². The highest BCUT2D eigenvalue weighted by Gasteiger charge is 2.33. The lowest BCUT2D eigenvalue weighted by atomic mass is 9.83. The lowest BCUT2D eigenvalue weighted by Gasteiger charge is -2.23. The molecule has 0 aliphatic heterocycles. The van der Waals surface area contributed by atoms with Crippen LogP contribution in [0.3, 0.4) is 0 Å². The number of ether oxygens (including phenoxy) is 1. The van der Waals surface area contributed by atoms with Crippen molar-refractivity contribution in [1.29, 1.82) is 0 Å². The van der Waals surface area contributed by atoms with Crippen molar-refractivity contribution < 1.29 is 22.7 Å². The summed E-state index contributed by atoms with van der Waals surface area (Å²) in [7, 11) is 1.57. The van der Waals surface area contributed by atoms with Crippen molar-refractivity contribution in [2.24, 2.45) is 0 Å². The van der Waals surface area contributed by atoms with Crippen LogP contribution < -0.4 is 10.1 Å². The molecule has 0 radical (unpaired) electrons. The van der Waals surface area contributed by atoms with Gasteiger partial charge < -0.3 is 15.0 Å². The Labute approximate surface area is 154 Å². The summed E-state index contributed by atoms with van der Waals surface area (Å²) >= 11 is 0. The van der Waals surface area contributed by atoms with Gasteiger partial charge in [-0.2, -0.15) is 13.2 Å². The lowest BCUT2D eigenvalue weighted by molar-refractivity contribution is -0.137. The second kappa shape index (κ2) is 6.64. The van der Waals surface area contributed by atoms with Gasteiger partial charge in [0.2, 0.25) is 5.91 Å². The number of anilines is 1. The molecule has 2 N–H and O–H groups in total. The van der Waals surface area contributed by atoms with E-state index >= 15 is 0 Å². The van der Waals surface area contributed by atoms with Gasteiger partial charge in [-0.25, -0.2) is 0 Å². The van der Waals surface area contributed by atoms with Crippen LogP contribution in [0.4, 0.5) is 18.9 Å². The predicted octanol–water partition coefficient (Wildman–Crippen LogP) is 5.11. The Morgan fingerprint density at radius 1 is 1.07 bits per heavy atom. The molecule has 3 rings (SSSR count). The molecule has 1 aromatic heterocycles. The van der Waals surface area contributed by atoms with E-state index in [1.165, 1.54) is 12.1 Å². The maximum Gasteiger partial charge on any atom is 0.416 e. The molecule has 1 heterocycles. The number of hydrogen-bond acceptors (Lipinski definition) is 2. The minimum absolute atomic E-state index is 0.304. The minimum Gasteiger partial charge on any atom is -0.497 e. The zero-order valence-electron chi connectivity index (χ0n) is 15.1. The molecule has 0 fully saturated rings. The van der Waals surface area contributed by atoms with E-state index < -0.39 is 17.2 Å². The number of methoxy groups -OCH3 is 1. The first-order valence-electron chi connectivity index (χ1n) is 8.27. The molecule has 0 aliphatic carbocycles. The van der Waals surface area contributed by atoms with E-state index in [-0.39, 0.29) is 5.91 Å². The van der Waals surface area contributed by atoms with Crippen LogP contribution in [0.5, 0.6) is 5.75 Å². The van der Waals surface area contributed by atoms with Crippen molar-refractivity contribution in [3.63, 3.8) is 0 Å². The third-order valence-corrected chi connectivity index (χ3v) is 4.60. The Morgan fingerprint density at radius 3 is 2.33 bits per heavy atom. The molecular formula is C20H19F3N2O2. The lowest BCUT2D eigenvalue weighted by Crippen LogP contribution is -2.34. The molecule has 2 aromatic carbocycles. The number of aromatic nitrogens is 1. The second-order valence-corrected chi connectivity index (χ2v) is 6.77. The number of nitrogens with one attached hydrogen (secondary N) is 2. The number of alkyl halides is 3. The fourth-order valence-corrected chi connectivity index (χ4v) is 2.90. The monoisotopic (exact) mass is 376 g/mol. The Hall–Kier alpha value is -2.96. The summed E-state index contributed by atoms with van der Waals surface area (Å²) in [4.78, 5) is 16.0. The molecule has 7 heteroatoms. The SMILES string of the molecule is COc1ccc2[nH]cc(C(C)(C)C(=O)Nc3ccc(C(F)(F)F)cc3)c2c1. The number of aromatic amines is 1. The van der Waals surface area contributed by atoms with Crippen LogP contribution in [0.15, 0.2) is 48.7 Å². The van der Waals surface area contributed by atoms with Crippen LogP contribution in [0.1, 0.15) is 25.0 Å². The van der Waals surface area contributed by atoms with Crippen LogP contribution in [0.2, 0.25) is 0 Å². The number of amides is 1. The Balaban J connectivity index is 1.87. The van der Waals surface area contributed by atoms with E-state index in [0.29, 0.717) is 11.4 Å². The molecule has 4 nitrogen and oxygen atoms in total. The summed E-state index contributed by atoms with van der Waals surface area (Å²) in [5.41, 5.74) is 0.247. The molecule has 0 bridgehead atoms. The largest absolute Gasteiger partial charge is 0.497 e. The van der Waals surface area contributed by atoms with Gasteiger partial charge in [-0.3, -0.25) is 4.79 Å². The van der Waals surface area contributed by atoms with Gasteiger partial charge in [0.15, 0.2) is 0 Å². The number of fused-ring (bicyclic) bond motifs is 1. The Bertz CT molecular complexity index is 973. The maximum absolute atomic E-state index is 12.8. The smallest absolute Gasteiger partial charge is 0.416 e. The highest BCUT2D eigenvalue weighted by atomic mass is 19.4. The molecule has 1 amide bonds. The van der Waals surface area contributed by atoms with E-state index in [2.05, 4.69) is 10.3 Å². The van der Waals surface area contributed by atoms with Crippen LogP contribution in [-0.2, 0) is 16.4 Å². The van der Waals surface area contributed by atoms with E-state index in [1.54, 1.807) is 27.2 Å². The number of carbonyl (C=O) groups is 1. The average molecular weight is 376 g/mol. The zero-order valence-corrected chi connectivity index (χ0v) is 15.1. The van der Waals surface area contributed by atoms with Crippen LogP contribution in [0, 0.1) is 0 Å². The average Bonchev–Trinajstić information content (AvgIpc) is 3.05. The molecule has 3 aromatic rings. The predicted molar refractivity (Wildman–Crippen MR) is 98.0 cm³/mol. The number of hydrogen-bond donors (Lipinski definition) is 2. The third-order valence-electron chi connectivity index (χ3n) is 4.60. The normalized spacial score (nSPS) is 12.2. The van der Waals surface area contributed by atoms with Crippen molar-refractivity contribution in [2.75, 3.05) is 12.4 Å². The summed E-state index contributed by atoms with van der Waals surface area (Å²) in [6, 6.07) is 9.90. The molecule has 0 atom stereocenters.